The van der Waals surface area contributed by atoms with Gasteiger partial charge in [0.15, 0.2) is 11.5 Å². The number of ether oxygens (including phenoxy) is 2. The molecule has 1 heterocycles. The number of methoxy groups -OCH3 is 2. The van der Waals surface area contributed by atoms with Gasteiger partial charge in [0, 0.05) is 38.8 Å². The SMILES string of the molecule is COc1ccc(S(=O)(=O)N2CCN(Cc3cccc(F)c3)CC2)cc1OC. The van der Waals surface area contributed by atoms with Crippen LogP contribution in [0.15, 0.2) is 47.4 Å². The van der Waals surface area contributed by atoms with Crippen LogP contribution in [0.4, 0.5) is 4.39 Å². The fraction of sp³-hybridized carbons (Fsp3) is 0.368. The van der Waals surface area contributed by atoms with E-state index in [-0.39, 0.29) is 10.7 Å². The first-order valence-corrected chi connectivity index (χ1v) is 10.1. The van der Waals surface area contributed by atoms with Crippen LogP contribution in [-0.4, -0.2) is 58.0 Å². The van der Waals surface area contributed by atoms with Crippen molar-refractivity contribution in [2.45, 2.75) is 11.4 Å². The van der Waals surface area contributed by atoms with Crippen molar-refractivity contribution < 1.29 is 22.3 Å². The zero-order valence-corrected chi connectivity index (χ0v) is 16.2. The Hall–Kier alpha value is -2.16. The standard InChI is InChI=1S/C19H23FN2O4S/c1-25-18-7-6-17(13-19(18)26-2)27(23,24)22-10-8-21(9-11-22)14-15-4-3-5-16(20)12-15/h3-7,12-13H,8-11,14H2,1-2H3. The molecule has 27 heavy (non-hydrogen) atoms. The van der Waals surface area contributed by atoms with Crippen molar-refractivity contribution in [1.29, 1.82) is 0 Å². The van der Waals surface area contributed by atoms with Crippen molar-refractivity contribution in [3.63, 3.8) is 0 Å². The van der Waals surface area contributed by atoms with Crippen LogP contribution in [0, 0.1) is 5.82 Å². The second-order valence-corrected chi connectivity index (χ2v) is 8.26. The fourth-order valence-electron chi connectivity index (χ4n) is 3.15. The summed E-state index contributed by atoms with van der Waals surface area (Å²) in [4.78, 5) is 2.30. The molecule has 1 aliphatic rings. The Bertz CT molecular complexity index is 896. The molecule has 0 spiro atoms. The topological polar surface area (TPSA) is 59.1 Å². The van der Waals surface area contributed by atoms with Gasteiger partial charge in [0.05, 0.1) is 19.1 Å². The van der Waals surface area contributed by atoms with Gasteiger partial charge in [-0.1, -0.05) is 12.1 Å². The molecular weight excluding hydrogens is 371 g/mol. The van der Waals surface area contributed by atoms with Crippen LogP contribution in [0.2, 0.25) is 0 Å². The van der Waals surface area contributed by atoms with Crippen molar-refractivity contribution in [3.05, 3.63) is 53.8 Å². The Labute approximate surface area is 159 Å². The molecule has 1 fully saturated rings. The Morgan fingerprint density at radius 2 is 1.67 bits per heavy atom. The summed E-state index contributed by atoms with van der Waals surface area (Å²) in [7, 11) is -0.636. The molecule has 1 aliphatic heterocycles. The van der Waals surface area contributed by atoms with Gasteiger partial charge in [0.25, 0.3) is 0 Å². The van der Waals surface area contributed by atoms with Gasteiger partial charge in [-0.25, -0.2) is 12.8 Å². The Morgan fingerprint density at radius 3 is 2.30 bits per heavy atom. The van der Waals surface area contributed by atoms with Crippen LogP contribution in [-0.2, 0) is 16.6 Å². The largest absolute Gasteiger partial charge is 0.493 e. The molecule has 0 unspecified atom stereocenters. The molecule has 2 aromatic rings. The maximum Gasteiger partial charge on any atom is 0.243 e. The lowest BCUT2D eigenvalue weighted by Crippen LogP contribution is -2.48. The van der Waals surface area contributed by atoms with Crippen LogP contribution >= 0.6 is 0 Å². The first-order valence-electron chi connectivity index (χ1n) is 8.63. The van der Waals surface area contributed by atoms with Crippen molar-refractivity contribution in [2.24, 2.45) is 0 Å². The van der Waals surface area contributed by atoms with Crippen LogP contribution in [0.25, 0.3) is 0 Å². The van der Waals surface area contributed by atoms with Gasteiger partial charge in [-0.2, -0.15) is 4.31 Å². The highest BCUT2D eigenvalue weighted by molar-refractivity contribution is 7.89. The Kier molecular flexibility index (Phi) is 5.98. The summed E-state index contributed by atoms with van der Waals surface area (Å²) in [5.41, 5.74) is 0.881. The van der Waals surface area contributed by atoms with Gasteiger partial charge in [-0.15, -0.1) is 0 Å². The molecule has 8 heteroatoms. The number of sulfonamides is 1. The van der Waals surface area contributed by atoms with Gasteiger partial charge in [-0.3, -0.25) is 4.90 Å². The van der Waals surface area contributed by atoms with Gasteiger partial charge in [0.2, 0.25) is 10.0 Å². The molecule has 1 saturated heterocycles. The van der Waals surface area contributed by atoms with Gasteiger partial charge in [-0.05, 0) is 29.8 Å². The summed E-state index contributed by atoms with van der Waals surface area (Å²) in [6.07, 6.45) is 0. The first kappa shape index (κ1) is 19.6. The summed E-state index contributed by atoms with van der Waals surface area (Å²) in [6, 6.07) is 11.1. The lowest BCUT2D eigenvalue weighted by molar-refractivity contribution is 0.181. The van der Waals surface area contributed by atoms with Crippen LogP contribution in [0.5, 0.6) is 11.5 Å². The molecule has 0 saturated carbocycles. The fourth-order valence-corrected chi connectivity index (χ4v) is 4.59. The van der Waals surface area contributed by atoms with Crippen LogP contribution in [0.1, 0.15) is 5.56 Å². The molecule has 6 nitrogen and oxygen atoms in total. The number of hydrogen-bond acceptors (Lipinski definition) is 5. The number of halogens is 1. The summed E-state index contributed by atoms with van der Waals surface area (Å²) in [6.45, 7) is 2.53. The minimum Gasteiger partial charge on any atom is -0.493 e. The number of benzene rings is 2. The number of piperazine rings is 1. The lowest BCUT2D eigenvalue weighted by Gasteiger charge is -2.34. The molecular formula is C19H23FN2O4S. The third-order valence-electron chi connectivity index (χ3n) is 4.62. The quantitative estimate of drug-likeness (QED) is 0.753. The van der Waals surface area contributed by atoms with Crippen LogP contribution in [0.3, 0.4) is 0 Å². The minimum atomic E-state index is -3.61. The summed E-state index contributed by atoms with van der Waals surface area (Å²) in [5, 5.41) is 0. The average Bonchev–Trinajstić information content (AvgIpc) is 2.68. The highest BCUT2D eigenvalue weighted by Crippen LogP contribution is 2.31. The normalized spacial score (nSPS) is 16.3. The van der Waals surface area contributed by atoms with E-state index in [0.29, 0.717) is 44.2 Å². The van der Waals surface area contributed by atoms with E-state index in [1.165, 1.54) is 42.8 Å². The number of nitrogens with zero attached hydrogens (tertiary/aromatic N) is 2. The maximum atomic E-state index is 13.3. The molecule has 0 aliphatic carbocycles. The molecule has 146 valence electrons. The van der Waals surface area contributed by atoms with Crippen molar-refractivity contribution in [3.8, 4) is 11.5 Å². The van der Waals surface area contributed by atoms with E-state index in [9.17, 15) is 12.8 Å². The molecule has 0 N–H and O–H groups in total. The zero-order valence-electron chi connectivity index (χ0n) is 15.4. The van der Waals surface area contributed by atoms with Crippen molar-refractivity contribution in [2.75, 3.05) is 40.4 Å². The molecule has 0 amide bonds. The van der Waals surface area contributed by atoms with E-state index in [0.717, 1.165) is 5.56 Å². The first-order chi connectivity index (χ1) is 12.9. The van der Waals surface area contributed by atoms with Gasteiger partial charge in [0.1, 0.15) is 5.82 Å². The average molecular weight is 394 g/mol. The van der Waals surface area contributed by atoms with E-state index < -0.39 is 10.0 Å². The molecule has 3 rings (SSSR count). The van der Waals surface area contributed by atoms with Crippen molar-refractivity contribution >= 4 is 10.0 Å². The van der Waals surface area contributed by atoms with Crippen molar-refractivity contribution in [1.82, 2.24) is 9.21 Å². The third kappa shape index (κ3) is 4.40. The van der Waals surface area contributed by atoms with E-state index in [4.69, 9.17) is 9.47 Å². The highest BCUT2D eigenvalue weighted by atomic mass is 32.2. The number of rotatable bonds is 6. The molecule has 0 bridgehead atoms. The molecule has 0 aromatic heterocycles. The van der Waals surface area contributed by atoms with Gasteiger partial charge >= 0.3 is 0 Å². The summed E-state index contributed by atoms with van der Waals surface area (Å²) >= 11 is 0. The summed E-state index contributed by atoms with van der Waals surface area (Å²) < 4.78 is 51.0. The monoisotopic (exact) mass is 394 g/mol. The zero-order chi connectivity index (χ0) is 19.4. The summed E-state index contributed by atoms with van der Waals surface area (Å²) in [5.74, 6) is 0.599. The second kappa shape index (κ2) is 8.24. The van der Waals surface area contributed by atoms with E-state index in [1.54, 1.807) is 12.1 Å². The highest BCUT2D eigenvalue weighted by Gasteiger charge is 2.29. The van der Waals surface area contributed by atoms with E-state index in [1.807, 2.05) is 6.07 Å². The Morgan fingerprint density at radius 1 is 0.963 bits per heavy atom. The van der Waals surface area contributed by atoms with E-state index in [2.05, 4.69) is 4.90 Å². The molecule has 0 radical (unpaired) electrons. The lowest BCUT2D eigenvalue weighted by atomic mass is 10.2. The predicted octanol–water partition coefficient (Wildman–Crippen LogP) is 2.35. The third-order valence-corrected chi connectivity index (χ3v) is 6.51. The van der Waals surface area contributed by atoms with Gasteiger partial charge < -0.3 is 9.47 Å². The number of hydrogen-bond donors (Lipinski definition) is 0. The predicted molar refractivity (Wildman–Crippen MR) is 100.0 cm³/mol. The smallest absolute Gasteiger partial charge is 0.243 e. The second-order valence-electron chi connectivity index (χ2n) is 6.33. The maximum absolute atomic E-state index is 13.3. The minimum absolute atomic E-state index is 0.179. The van der Waals surface area contributed by atoms with Crippen LogP contribution < -0.4 is 9.47 Å². The van der Waals surface area contributed by atoms with E-state index >= 15 is 0 Å². The molecule has 0 atom stereocenters. The molecule has 2 aromatic carbocycles. The Balaban J connectivity index is 1.67.